The molecule has 2 rings (SSSR count). The molecule has 1 aliphatic carbocycles. The molecule has 1 aliphatic rings. The Morgan fingerprint density at radius 2 is 2.32 bits per heavy atom. The van der Waals surface area contributed by atoms with E-state index in [0.29, 0.717) is 17.9 Å². The summed E-state index contributed by atoms with van der Waals surface area (Å²) < 4.78 is 14.8. The zero-order valence-corrected chi connectivity index (χ0v) is 12.8. The van der Waals surface area contributed by atoms with Gasteiger partial charge in [-0.1, -0.05) is 42.1 Å². The van der Waals surface area contributed by atoms with Crippen molar-refractivity contribution in [3.8, 4) is 6.07 Å². The summed E-state index contributed by atoms with van der Waals surface area (Å²) in [6.07, 6.45) is 5.75. The first-order valence-corrected chi connectivity index (χ1v) is 7.73. The van der Waals surface area contributed by atoms with Crippen molar-refractivity contribution < 1.29 is 4.39 Å². The van der Waals surface area contributed by atoms with Gasteiger partial charge in [0.25, 0.3) is 0 Å². The van der Waals surface area contributed by atoms with Crippen LogP contribution in [-0.4, -0.2) is 0 Å². The zero-order valence-electron chi connectivity index (χ0n) is 11.3. The molecular weight excluding hydrogens is 305 g/mol. The lowest BCUT2D eigenvalue weighted by Gasteiger charge is -2.35. The second kappa shape index (κ2) is 6.05. The van der Waals surface area contributed by atoms with Crippen LogP contribution >= 0.6 is 15.9 Å². The summed E-state index contributed by atoms with van der Waals surface area (Å²) in [5.41, 5.74) is 0.285. The number of benzene rings is 1. The molecule has 19 heavy (non-hydrogen) atoms. The molecule has 102 valence electrons. The van der Waals surface area contributed by atoms with Crippen LogP contribution in [0, 0.1) is 28.5 Å². The minimum Gasteiger partial charge on any atom is -0.207 e. The van der Waals surface area contributed by atoms with Gasteiger partial charge in [-0.2, -0.15) is 5.26 Å². The van der Waals surface area contributed by atoms with E-state index in [1.54, 1.807) is 6.07 Å². The quantitative estimate of drug-likeness (QED) is 0.746. The Morgan fingerprint density at radius 3 is 3.00 bits per heavy atom. The number of hydrogen-bond acceptors (Lipinski definition) is 1. The van der Waals surface area contributed by atoms with Crippen LogP contribution in [0.5, 0.6) is 0 Å². The standard InChI is InChI=1S/C16H19BrFN/c1-2-12-4-3-7-16(9-12,11-19)10-13-8-14(17)5-6-15(13)18/h5-6,8,12H,2-4,7,9-10H2,1H3. The van der Waals surface area contributed by atoms with Gasteiger partial charge in [0, 0.05) is 4.47 Å². The molecule has 0 heterocycles. The summed E-state index contributed by atoms with van der Waals surface area (Å²) in [7, 11) is 0. The van der Waals surface area contributed by atoms with Gasteiger partial charge in [0.1, 0.15) is 5.82 Å². The molecule has 0 amide bonds. The van der Waals surface area contributed by atoms with E-state index in [4.69, 9.17) is 0 Å². The molecule has 0 aromatic heterocycles. The molecule has 0 radical (unpaired) electrons. The van der Waals surface area contributed by atoms with Crippen LogP contribution < -0.4 is 0 Å². The van der Waals surface area contributed by atoms with Gasteiger partial charge in [-0.25, -0.2) is 4.39 Å². The molecule has 3 heteroatoms. The fourth-order valence-electron chi connectivity index (χ4n) is 3.18. The van der Waals surface area contributed by atoms with Gasteiger partial charge in [-0.15, -0.1) is 0 Å². The number of nitrogens with zero attached hydrogens (tertiary/aromatic N) is 1. The summed E-state index contributed by atoms with van der Waals surface area (Å²) in [6, 6.07) is 7.48. The van der Waals surface area contributed by atoms with Crippen LogP contribution in [0.3, 0.4) is 0 Å². The predicted molar refractivity (Wildman–Crippen MR) is 78.1 cm³/mol. The number of hydrogen-bond donors (Lipinski definition) is 0. The molecule has 1 fully saturated rings. The highest BCUT2D eigenvalue weighted by Gasteiger charge is 2.36. The van der Waals surface area contributed by atoms with Crippen molar-refractivity contribution in [3.63, 3.8) is 0 Å². The topological polar surface area (TPSA) is 23.8 Å². The van der Waals surface area contributed by atoms with Gasteiger partial charge in [0.05, 0.1) is 11.5 Å². The monoisotopic (exact) mass is 323 g/mol. The molecule has 1 nitrogen and oxygen atoms in total. The van der Waals surface area contributed by atoms with Gasteiger partial charge < -0.3 is 0 Å². The smallest absolute Gasteiger partial charge is 0.126 e. The van der Waals surface area contributed by atoms with E-state index < -0.39 is 0 Å². The molecule has 0 saturated heterocycles. The Bertz CT molecular complexity index is 494. The van der Waals surface area contributed by atoms with E-state index in [2.05, 4.69) is 28.9 Å². The SMILES string of the molecule is CCC1CCCC(C#N)(Cc2cc(Br)ccc2F)C1. The lowest BCUT2D eigenvalue weighted by Crippen LogP contribution is -2.29. The lowest BCUT2D eigenvalue weighted by atomic mass is 9.67. The Morgan fingerprint density at radius 1 is 1.53 bits per heavy atom. The highest BCUT2D eigenvalue weighted by atomic mass is 79.9. The average Bonchev–Trinajstić information content (AvgIpc) is 2.43. The van der Waals surface area contributed by atoms with Gasteiger partial charge in [-0.3, -0.25) is 0 Å². The summed E-state index contributed by atoms with van der Waals surface area (Å²) >= 11 is 3.38. The summed E-state index contributed by atoms with van der Waals surface area (Å²) in [6.45, 7) is 2.18. The molecule has 2 unspecified atom stereocenters. The summed E-state index contributed by atoms with van der Waals surface area (Å²) in [4.78, 5) is 0. The molecule has 0 bridgehead atoms. The van der Waals surface area contributed by atoms with Gasteiger partial charge >= 0.3 is 0 Å². The largest absolute Gasteiger partial charge is 0.207 e. The fourth-order valence-corrected chi connectivity index (χ4v) is 3.59. The minimum absolute atomic E-state index is 0.198. The van der Waals surface area contributed by atoms with Crippen molar-refractivity contribution in [1.29, 1.82) is 5.26 Å². The van der Waals surface area contributed by atoms with Crippen molar-refractivity contribution >= 4 is 15.9 Å². The Kier molecular flexibility index (Phi) is 4.62. The third-order valence-corrected chi connectivity index (χ3v) is 4.79. The Labute approximate surface area is 123 Å². The summed E-state index contributed by atoms with van der Waals surface area (Å²) in [5, 5.41) is 9.59. The first-order chi connectivity index (χ1) is 9.08. The summed E-state index contributed by atoms with van der Waals surface area (Å²) in [5.74, 6) is 0.417. The molecule has 2 atom stereocenters. The second-order valence-electron chi connectivity index (χ2n) is 5.68. The van der Waals surface area contributed by atoms with E-state index in [-0.39, 0.29) is 11.2 Å². The van der Waals surface area contributed by atoms with E-state index in [1.165, 1.54) is 12.5 Å². The fraction of sp³-hybridized carbons (Fsp3) is 0.562. The van der Waals surface area contributed by atoms with E-state index >= 15 is 0 Å². The van der Waals surface area contributed by atoms with Crippen molar-refractivity contribution in [1.82, 2.24) is 0 Å². The Hall–Kier alpha value is -0.880. The normalized spacial score (nSPS) is 26.9. The van der Waals surface area contributed by atoms with Gasteiger partial charge in [0.15, 0.2) is 0 Å². The maximum atomic E-state index is 13.9. The maximum absolute atomic E-state index is 13.9. The zero-order chi connectivity index (χ0) is 13.9. The van der Waals surface area contributed by atoms with Crippen molar-refractivity contribution in [2.75, 3.05) is 0 Å². The van der Waals surface area contributed by atoms with Crippen LogP contribution in [0.1, 0.15) is 44.6 Å². The molecule has 0 aliphatic heterocycles. The second-order valence-corrected chi connectivity index (χ2v) is 6.59. The maximum Gasteiger partial charge on any atom is 0.126 e. The van der Waals surface area contributed by atoms with Crippen molar-refractivity contribution in [2.45, 2.75) is 45.4 Å². The van der Waals surface area contributed by atoms with Crippen molar-refractivity contribution in [3.05, 3.63) is 34.1 Å². The minimum atomic E-state index is -0.374. The van der Waals surface area contributed by atoms with E-state index in [9.17, 15) is 9.65 Å². The molecular formula is C16H19BrFN. The molecule has 0 N–H and O–H groups in total. The van der Waals surface area contributed by atoms with Gasteiger partial charge in [0.2, 0.25) is 0 Å². The highest BCUT2D eigenvalue weighted by molar-refractivity contribution is 9.10. The van der Waals surface area contributed by atoms with E-state index in [0.717, 1.165) is 30.2 Å². The van der Waals surface area contributed by atoms with Gasteiger partial charge in [-0.05, 0) is 48.9 Å². The molecule has 1 aromatic carbocycles. The third kappa shape index (κ3) is 3.36. The third-order valence-electron chi connectivity index (χ3n) is 4.30. The van der Waals surface area contributed by atoms with Crippen LogP contribution in [0.15, 0.2) is 22.7 Å². The van der Waals surface area contributed by atoms with E-state index in [1.807, 2.05) is 6.07 Å². The number of rotatable bonds is 3. The predicted octanol–water partition coefficient (Wildman–Crippen LogP) is 5.24. The average molecular weight is 324 g/mol. The number of halogens is 2. The van der Waals surface area contributed by atoms with Crippen molar-refractivity contribution in [2.24, 2.45) is 11.3 Å². The first-order valence-electron chi connectivity index (χ1n) is 6.94. The lowest BCUT2D eigenvalue weighted by molar-refractivity contribution is 0.192. The molecule has 1 saturated carbocycles. The molecule has 1 aromatic rings. The molecule has 0 spiro atoms. The first kappa shape index (κ1) is 14.5. The Balaban J connectivity index is 2.23. The van der Waals surface area contributed by atoms with Crippen LogP contribution in [0.25, 0.3) is 0 Å². The number of nitriles is 1. The highest BCUT2D eigenvalue weighted by Crippen LogP contribution is 2.43. The van der Waals surface area contributed by atoms with Crippen LogP contribution in [-0.2, 0) is 6.42 Å². The van der Waals surface area contributed by atoms with Crippen LogP contribution in [0.4, 0.5) is 4.39 Å². The van der Waals surface area contributed by atoms with Crippen LogP contribution in [0.2, 0.25) is 0 Å².